The van der Waals surface area contributed by atoms with Crippen LogP contribution in [-0.2, 0) is 0 Å². The van der Waals surface area contributed by atoms with Gasteiger partial charge in [-0.2, -0.15) is 0 Å². The Balaban J connectivity index is 2.31. The average molecular weight is 346 g/mol. The molecule has 1 amide bonds. The van der Waals surface area contributed by atoms with Gasteiger partial charge in [0.2, 0.25) is 0 Å². The third-order valence-corrected chi connectivity index (χ3v) is 3.30. The van der Waals surface area contributed by atoms with E-state index in [0.29, 0.717) is 23.1 Å². The topological polar surface area (TPSA) is 51.2 Å². The van der Waals surface area contributed by atoms with Gasteiger partial charge in [0.05, 0.1) is 22.9 Å². The predicted molar refractivity (Wildman–Crippen MR) is 84.8 cm³/mol. The number of aromatic nitrogens is 1. The molecule has 0 bridgehead atoms. The molecule has 7 heteroatoms. The maximum Gasteiger partial charge on any atom is 0.257 e. The predicted octanol–water partition coefficient (Wildman–Crippen LogP) is 4.69. The van der Waals surface area contributed by atoms with Gasteiger partial charge in [0.15, 0.2) is 0 Å². The van der Waals surface area contributed by atoms with E-state index >= 15 is 0 Å². The molecule has 2 rings (SSSR count). The molecule has 110 valence electrons. The van der Waals surface area contributed by atoms with E-state index in [9.17, 15) is 4.79 Å². The van der Waals surface area contributed by atoms with Gasteiger partial charge >= 0.3 is 0 Å². The third kappa shape index (κ3) is 4.00. The Labute approximate surface area is 137 Å². The van der Waals surface area contributed by atoms with Gasteiger partial charge in [-0.15, -0.1) is 0 Å². The van der Waals surface area contributed by atoms with Crippen molar-refractivity contribution in [1.29, 1.82) is 0 Å². The molecule has 0 aliphatic carbocycles. The van der Waals surface area contributed by atoms with Gasteiger partial charge in [-0.25, -0.2) is 4.98 Å². The number of benzene rings is 1. The van der Waals surface area contributed by atoms with Gasteiger partial charge in [0.25, 0.3) is 5.91 Å². The van der Waals surface area contributed by atoms with Crippen molar-refractivity contribution in [3.8, 4) is 5.75 Å². The monoisotopic (exact) mass is 344 g/mol. The van der Waals surface area contributed by atoms with Crippen LogP contribution in [0.5, 0.6) is 5.75 Å². The van der Waals surface area contributed by atoms with Crippen molar-refractivity contribution in [3.63, 3.8) is 0 Å². The number of hydrogen-bond donors (Lipinski definition) is 1. The van der Waals surface area contributed by atoms with Crippen molar-refractivity contribution >= 4 is 46.4 Å². The first-order valence-corrected chi connectivity index (χ1v) is 7.19. The van der Waals surface area contributed by atoms with Crippen molar-refractivity contribution < 1.29 is 9.53 Å². The number of anilines is 1. The van der Waals surface area contributed by atoms with E-state index in [1.54, 1.807) is 18.2 Å². The van der Waals surface area contributed by atoms with Crippen LogP contribution >= 0.6 is 34.8 Å². The molecule has 1 aromatic heterocycles. The number of pyridine rings is 1. The van der Waals surface area contributed by atoms with Crippen LogP contribution in [0.4, 0.5) is 5.69 Å². The molecule has 21 heavy (non-hydrogen) atoms. The first kappa shape index (κ1) is 15.9. The second-order valence-electron chi connectivity index (χ2n) is 4.01. The smallest absolute Gasteiger partial charge is 0.257 e. The second kappa shape index (κ2) is 6.98. The lowest BCUT2D eigenvalue weighted by Crippen LogP contribution is -2.14. The first-order valence-electron chi connectivity index (χ1n) is 6.06. The number of carbonyl (C=O) groups excluding carboxylic acids is 1. The Kier molecular flexibility index (Phi) is 5.28. The molecule has 4 nitrogen and oxygen atoms in total. The van der Waals surface area contributed by atoms with Crippen LogP contribution in [0.25, 0.3) is 0 Å². The number of amides is 1. The summed E-state index contributed by atoms with van der Waals surface area (Å²) in [6.07, 6.45) is 1.32. The van der Waals surface area contributed by atoms with E-state index in [4.69, 9.17) is 39.5 Å². The van der Waals surface area contributed by atoms with Crippen molar-refractivity contribution in [3.05, 3.63) is 51.2 Å². The van der Waals surface area contributed by atoms with Crippen LogP contribution in [0, 0.1) is 0 Å². The molecule has 0 fully saturated rings. The second-order valence-corrected chi connectivity index (χ2v) is 5.25. The van der Waals surface area contributed by atoms with Crippen LogP contribution < -0.4 is 10.1 Å². The molecular formula is C14H11Cl3N2O2. The molecule has 1 aromatic carbocycles. The quantitative estimate of drug-likeness (QED) is 0.818. The highest BCUT2D eigenvalue weighted by atomic mass is 35.5. The zero-order valence-electron chi connectivity index (χ0n) is 11.0. The lowest BCUT2D eigenvalue weighted by molar-refractivity contribution is 0.102. The molecule has 1 N–H and O–H groups in total. The van der Waals surface area contributed by atoms with E-state index in [-0.39, 0.29) is 15.7 Å². The fourth-order valence-corrected chi connectivity index (χ4v) is 2.18. The summed E-state index contributed by atoms with van der Waals surface area (Å²) in [5, 5.41) is 3.57. The summed E-state index contributed by atoms with van der Waals surface area (Å²) in [6.45, 7) is 2.31. The number of hydrogen-bond acceptors (Lipinski definition) is 3. The fourth-order valence-electron chi connectivity index (χ4n) is 1.66. The minimum atomic E-state index is -0.424. The number of nitrogens with one attached hydrogen (secondary N) is 1. The lowest BCUT2D eigenvalue weighted by Gasteiger charge is -2.12. The minimum Gasteiger partial charge on any atom is -0.492 e. The van der Waals surface area contributed by atoms with E-state index in [1.807, 2.05) is 6.92 Å². The number of rotatable bonds is 4. The van der Waals surface area contributed by atoms with Crippen LogP contribution in [0.2, 0.25) is 15.2 Å². The van der Waals surface area contributed by atoms with Gasteiger partial charge in [-0.1, -0.05) is 34.8 Å². The maximum atomic E-state index is 12.3. The summed E-state index contributed by atoms with van der Waals surface area (Å²) in [5.74, 6) is 0.0963. The summed E-state index contributed by atoms with van der Waals surface area (Å²) < 4.78 is 5.44. The third-order valence-electron chi connectivity index (χ3n) is 2.56. The van der Waals surface area contributed by atoms with Crippen LogP contribution in [-0.4, -0.2) is 17.5 Å². The number of carbonyl (C=O) groups is 1. The summed E-state index contributed by atoms with van der Waals surface area (Å²) >= 11 is 17.7. The van der Waals surface area contributed by atoms with E-state index < -0.39 is 5.91 Å². The largest absolute Gasteiger partial charge is 0.492 e. The highest BCUT2D eigenvalue weighted by molar-refractivity contribution is 6.35. The Morgan fingerprint density at radius 2 is 2.05 bits per heavy atom. The Morgan fingerprint density at radius 1 is 1.29 bits per heavy atom. The fraction of sp³-hybridized carbons (Fsp3) is 0.143. The molecule has 0 saturated heterocycles. The van der Waals surface area contributed by atoms with E-state index in [2.05, 4.69) is 10.3 Å². The standard InChI is InChI=1S/C14H11Cl3N2O2/c1-2-21-12-4-3-8(15)5-11(12)19-14(20)9-6-13(17)18-7-10(9)16/h3-7H,2H2,1H3,(H,19,20). The summed E-state index contributed by atoms with van der Waals surface area (Å²) in [4.78, 5) is 16.1. The van der Waals surface area contributed by atoms with Crippen molar-refractivity contribution in [2.24, 2.45) is 0 Å². The molecule has 1 heterocycles. The molecule has 2 aromatic rings. The normalized spacial score (nSPS) is 10.3. The van der Waals surface area contributed by atoms with E-state index in [0.717, 1.165) is 0 Å². The highest BCUT2D eigenvalue weighted by Gasteiger charge is 2.14. The molecule has 0 unspecified atom stereocenters. The number of ether oxygens (including phenoxy) is 1. The zero-order valence-corrected chi connectivity index (χ0v) is 13.3. The van der Waals surface area contributed by atoms with Crippen molar-refractivity contribution in [1.82, 2.24) is 4.98 Å². The lowest BCUT2D eigenvalue weighted by atomic mass is 10.2. The van der Waals surface area contributed by atoms with Crippen LogP contribution in [0.15, 0.2) is 30.5 Å². The summed E-state index contributed by atoms with van der Waals surface area (Å²) in [7, 11) is 0. The molecule has 0 spiro atoms. The van der Waals surface area contributed by atoms with Crippen molar-refractivity contribution in [2.45, 2.75) is 6.92 Å². The Bertz CT molecular complexity index is 677. The molecule has 0 radical (unpaired) electrons. The SMILES string of the molecule is CCOc1ccc(Cl)cc1NC(=O)c1cc(Cl)ncc1Cl. The number of halogens is 3. The average Bonchev–Trinajstić information content (AvgIpc) is 2.44. The van der Waals surface area contributed by atoms with Gasteiger partial charge < -0.3 is 10.1 Å². The van der Waals surface area contributed by atoms with Gasteiger partial charge in [-0.05, 0) is 31.2 Å². The van der Waals surface area contributed by atoms with E-state index in [1.165, 1.54) is 12.3 Å². The molecular weight excluding hydrogens is 335 g/mol. The molecule has 0 aliphatic heterocycles. The highest BCUT2D eigenvalue weighted by Crippen LogP contribution is 2.29. The Morgan fingerprint density at radius 3 is 2.76 bits per heavy atom. The van der Waals surface area contributed by atoms with Gasteiger partial charge in [0.1, 0.15) is 10.9 Å². The van der Waals surface area contributed by atoms with Gasteiger partial charge in [-0.3, -0.25) is 4.79 Å². The molecule has 0 saturated carbocycles. The van der Waals surface area contributed by atoms with Crippen molar-refractivity contribution in [2.75, 3.05) is 11.9 Å². The summed E-state index contributed by atoms with van der Waals surface area (Å²) in [5.41, 5.74) is 0.678. The van der Waals surface area contributed by atoms with Gasteiger partial charge in [0, 0.05) is 11.2 Å². The Hall–Kier alpha value is -1.49. The van der Waals surface area contributed by atoms with Crippen LogP contribution in [0.1, 0.15) is 17.3 Å². The minimum absolute atomic E-state index is 0.181. The van der Waals surface area contributed by atoms with Crippen LogP contribution in [0.3, 0.4) is 0 Å². The number of nitrogens with zero attached hydrogens (tertiary/aromatic N) is 1. The summed E-state index contributed by atoms with van der Waals surface area (Å²) in [6, 6.07) is 6.35. The first-order chi connectivity index (χ1) is 10.0. The maximum absolute atomic E-state index is 12.3. The zero-order chi connectivity index (χ0) is 15.4. The molecule has 0 aliphatic rings. The molecule has 0 atom stereocenters.